The van der Waals surface area contributed by atoms with E-state index in [2.05, 4.69) is 10.6 Å². The first kappa shape index (κ1) is 21.9. The Morgan fingerprint density at radius 1 is 0.931 bits per heavy atom. The molecule has 0 fully saturated rings. The van der Waals surface area contributed by atoms with Gasteiger partial charge in [-0.2, -0.15) is 0 Å². The molecule has 0 aliphatic carbocycles. The molecule has 2 aromatic rings. The van der Waals surface area contributed by atoms with Crippen LogP contribution < -0.4 is 20.1 Å². The third-order valence-corrected chi connectivity index (χ3v) is 3.92. The maximum Gasteiger partial charge on any atom is 0.308 e. The molecule has 0 heterocycles. The molecule has 0 aliphatic rings. The number of hydrogen-bond donors (Lipinski definition) is 2. The normalized spacial score (nSPS) is 10.1. The molecule has 154 valence electrons. The molecular formula is C22H26N2O5. The first-order valence-corrected chi connectivity index (χ1v) is 9.53. The third-order valence-electron chi connectivity index (χ3n) is 3.92. The van der Waals surface area contributed by atoms with Crippen LogP contribution >= 0.6 is 0 Å². The van der Waals surface area contributed by atoms with Crippen molar-refractivity contribution >= 4 is 17.8 Å². The van der Waals surface area contributed by atoms with Gasteiger partial charge in [-0.1, -0.05) is 18.2 Å². The number of benzene rings is 2. The first-order chi connectivity index (χ1) is 14.0. The van der Waals surface area contributed by atoms with Crippen LogP contribution in [-0.2, 0) is 16.0 Å². The van der Waals surface area contributed by atoms with Gasteiger partial charge in [0.15, 0.2) is 0 Å². The molecule has 0 saturated carbocycles. The molecule has 0 aromatic heterocycles. The molecule has 0 aliphatic heterocycles. The number of carbonyl (C=O) groups is 3. The smallest absolute Gasteiger partial charge is 0.308 e. The number of ether oxygens (including phenoxy) is 2. The van der Waals surface area contributed by atoms with Crippen molar-refractivity contribution in [1.29, 1.82) is 0 Å². The SMILES string of the molecule is CCOc1ccc(CC(=O)NCCCNC(=O)c2cccc(OC(C)=O)c2)cc1. The molecule has 0 saturated heterocycles. The average molecular weight is 398 g/mol. The van der Waals surface area contributed by atoms with Gasteiger partial charge in [0.2, 0.25) is 5.91 Å². The Kier molecular flexibility index (Phi) is 8.69. The fraction of sp³-hybridized carbons (Fsp3) is 0.318. The minimum absolute atomic E-state index is 0.0745. The number of amides is 2. The van der Waals surface area contributed by atoms with Gasteiger partial charge in [0.25, 0.3) is 5.91 Å². The zero-order chi connectivity index (χ0) is 21.1. The predicted molar refractivity (Wildman–Crippen MR) is 109 cm³/mol. The molecule has 2 N–H and O–H groups in total. The highest BCUT2D eigenvalue weighted by Crippen LogP contribution is 2.14. The van der Waals surface area contributed by atoms with E-state index in [1.807, 2.05) is 31.2 Å². The van der Waals surface area contributed by atoms with Gasteiger partial charge in [-0.3, -0.25) is 14.4 Å². The highest BCUT2D eigenvalue weighted by atomic mass is 16.5. The Balaban J connectivity index is 1.66. The maximum absolute atomic E-state index is 12.1. The molecule has 0 atom stereocenters. The predicted octanol–water partition coefficient (Wildman–Crippen LogP) is 2.49. The summed E-state index contributed by atoms with van der Waals surface area (Å²) in [5.41, 5.74) is 1.32. The zero-order valence-electron chi connectivity index (χ0n) is 16.7. The molecule has 29 heavy (non-hydrogen) atoms. The summed E-state index contributed by atoms with van der Waals surface area (Å²) in [4.78, 5) is 35.1. The van der Waals surface area contributed by atoms with Crippen molar-refractivity contribution in [2.24, 2.45) is 0 Å². The van der Waals surface area contributed by atoms with Crippen molar-refractivity contribution in [1.82, 2.24) is 10.6 Å². The standard InChI is InChI=1S/C22H26N2O5/c1-3-28-19-10-8-17(9-11-19)14-21(26)23-12-5-13-24-22(27)18-6-4-7-20(15-18)29-16(2)25/h4,6-11,15H,3,5,12-14H2,1-2H3,(H,23,26)(H,24,27). The molecule has 7 nitrogen and oxygen atoms in total. The van der Waals surface area contributed by atoms with Gasteiger partial charge in [-0.05, 0) is 49.2 Å². The minimum Gasteiger partial charge on any atom is -0.494 e. The van der Waals surface area contributed by atoms with Gasteiger partial charge in [-0.15, -0.1) is 0 Å². The van der Waals surface area contributed by atoms with Crippen LogP contribution in [0.25, 0.3) is 0 Å². The molecule has 7 heteroatoms. The molecule has 0 bridgehead atoms. The van der Waals surface area contributed by atoms with Gasteiger partial charge >= 0.3 is 5.97 Å². The van der Waals surface area contributed by atoms with E-state index in [0.29, 0.717) is 43.9 Å². The van der Waals surface area contributed by atoms with Gasteiger partial charge in [0.05, 0.1) is 13.0 Å². The third kappa shape index (κ3) is 8.04. The first-order valence-electron chi connectivity index (χ1n) is 9.53. The van der Waals surface area contributed by atoms with Crippen molar-refractivity contribution < 1.29 is 23.9 Å². The summed E-state index contributed by atoms with van der Waals surface area (Å²) in [6, 6.07) is 13.8. The van der Waals surface area contributed by atoms with Crippen molar-refractivity contribution in [2.75, 3.05) is 19.7 Å². The fourth-order valence-electron chi connectivity index (χ4n) is 2.61. The lowest BCUT2D eigenvalue weighted by Crippen LogP contribution is -2.30. The summed E-state index contributed by atoms with van der Waals surface area (Å²) >= 11 is 0. The Morgan fingerprint density at radius 3 is 2.34 bits per heavy atom. The Labute approximate surface area is 170 Å². The second-order valence-corrected chi connectivity index (χ2v) is 6.33. The molecular weight excluding hydrogens is 372 g/mol. The highest BCUT2D eigenvalue weighted by molar-refractivity contribution is 5.94. The monoisotopic (exact) mass is 398 g/mol. The number of carbonyl (C=O) groups excluding carboxylic acids is 3. The summed E-state index contributed by atoms with van der Waals surface area (Å²) in [6.45, 7) is 4.71. The number of rotatable bonds is 10. The van der Waals surface area contributed by atoms with Crippen LogP contribution in [0.3, 0.4) is 0 Å². The van der Waals surface area contributed by atoms with E-state index in [0.717, 1.165) is 11.3 Å². The van der Waals surface area contributed by atoms with Crippen LogP contribution in [0, 0.1) is 0 Å². The fourth-order valence-corrected chi connectivity index (χ4v) is 2.61. The lowest BCUT2D eigenvalue weighted by atomic mass is 10.1. The van der Waals surface area contributed by atoms with Crippen LogP contribution in [-0.4, -0.2) is 37.5 Å². The van der Waals surface area contributed by atoms with Crippen LogP contribution in [0.1, 0.15) is 36.2 Å². The second kappa shape index (κ2) is 11.5. The summed E-state index contributed by atoms with van der Waals surface area (Å²) in [5, 5.41) is 5.61. The van der Waals surface area contributed by atoms with E-state index >= 15 is 0 Å². The molecule has 2 aromatic carbocycles. The lowest BCUT2D eigenvalue weighted by molar-refractivity contribution is -0.131. The Hall–Kier alpha value is -3.35. The number of nitrogens with one attached hydrogen (secondary N) is 2. The van der Waals surface area contributed by atoms with E-state index < -0.39 is 5.97 Å². The summed E-state index contributed by atoms with van der Waals surface area (Å²) in [5.74, 6) is 0.329. The van der Waals surface area contributed by atoms with E-state index in [1.165, 1.54) is 13.0 Å². The average Bonchev–Trinajstić information content (AvgIpc) is 2.69. The quantitative estimate of drug-likeness (QED) is 0.364. The van der Waals surface area contributed by atoms with Crippen LogP contribution in [0.15, 0.2) is 48.5 Å². The molecule has 2 amide bonds. The Bertz CT molecular complexity index is 833. The maximum atomic E-state index is 12.1. The van der Waals surface area contributed by atoms with Gasteiger partial charge in [-0.25, -0.2) is 0 Å². The Morgan fingerprint density at radius 2 is 1.66 bits per heavy atom. The van der Waals surface area contributed by atoms with E-state index in [1.54, 1.807) is 18.2 Å². The van der Waals surface area contributed by atoms with Crippen molar-refractivity contribution in [2.45, 2.75) is 26.7 Å². The largest absolute Gasteiger partial charge is 0.494 e. The molecule has 2 rings (SSSR count). The van der Waals surface area contributed by atoms with Crippen molar-refractivity contribution in [3.05, 3.63) is 59.7 Å². The van der Waals surface area contributed by atoms with E-state index in [9.17, 15) is 14.4 Å². The lowest BCUT2D eigenvalue weighted by Gasteiger charge is -2.08. The molecule has 0 radical (unpaired) electrons. The summed E-state index contributed by atoms with van der Waals surface area (Å²) in [6.07, 6.45) is 0.895. The number of esters is 1. The summed E-state index contributed by atoms with van der Waals surface area (Å²) in [7, 11) is 0. The van der Waals surface area contributed by atoms with E-state index in [4.69, 9.17) is 9.47 Å². The highest BCUT2D eigenvalue weighted by Gasteiger charge is 2.08. The molecule has 0 spiro atoms. The van der Waals surface area contributed by atoms with Crippen LogP contribution in [0.2, 0.25) is 0 Å². The second-order valence-electron chi connectivity index (χ2n) is 6.33. The number of hydrogen-bond acceptors (Lipinski definition) is 5. The van der Waals surface area contributed by atoms with Crippen molar-refractivity contribution in [3.8, 4) is 11.5 Å². The van der Waals surface area contributed by atoms with Crippen LogP contribution in [0.5, 0.6) is 11.5 Å². The van der Waals surface area contributed by atoms with E-state index in [-0.39, 0.29) is 11.8 Å². The topological polar surface area (TPSA) is 93.7 Å². The minimum atomic E-state index is -0.441. The van der Waals surface area contributed by atoms with Gasteiger partial charge in [0, 0.05) is 25.6 Å². The molecule has 0 unspecified atom stereocenters. The van der Waals surface area contributed by atoms with Gasteiger partial charge in [0.1, 0.15) is 11.5 Å². The van der Waals surface area contributed by atoms with Crippen LogP contribution in [0.4, 0.5) is 0 Å². The van der Waals surface area contributed by atoms with Crippen molar-refractivity contribution in [3.63, 3.8) is 0 Å². The summed E-state index contributed by atoms with van der Waals surface area (Å²) < 4.78 is 10.3. The van der Waals surface area contributed by atoms with Gasteiger partial charge < -0.3 is 20.1 Å². The zero-order valence-corrected chi connectivity index (χ0v) is 16.7.